The average Bonchev–Trinajstić information content (AvgIpc) is 2.04. The van der Waals surface area contributed by atoms with Crippen LogP contribution in [0.3, 0.4) is 0 Å². The highest BCUT2D eigenvalue weighted by molar-refractivity contribution is 5.85. The van der Waals surface area contributed by atoms with Crippen molar-refractivity contribution in [1.29, 1.82) is 0 Å². The van der Waals surface area contributed by atoms with Crippen LogP contribution in [0.2, 0.25) is 0 Å². The van der Waals surface area contributed by atoms with Gasteiger partial charge in [0.1, 0.15) is 12.4 Å². The molecule has 5 N–H and O–H groups in total. The summed E-state index contributed by atoms with van der Waals surface area (Å²) in [7, 11) is 0. The van der Waals surface area contributed by atoms with Gasteiger partial charge in [-0.1, -0.05) is 0 Å². The largest absolute Gasteiger partial charge is 0.490 e. The van der Waals surface area contributed by atoms with Gasteiger partial charge in [0.15, 0.2) is 0 Å². The third kappa shape index (κ3) is 2.40. The topological polar surface area (TPSA) is 78.8 Å². The molecule has 1 heterocycles. The van der Waals surface area contributed by atoms with Crippen molar-refractivity contribution in [2.24, 2.45) is 0 Å². The molecule has 0 saturated heterocycles. The zero-order chi connectivity index (χ0) is 7.68. The molecule has 0 spiro atoms. The van der Waals surface area contributed by atoms with Crippen LogP contribution in [0.4, 0.5) is 11.4 Å². The Morgan fingerprint density at radius 2 is 2.15 bits per heavy atom. The molecule has 0 atom stereocenters. The number of anilines is 2. The van der Waals surface area contributed by atoms with Crippen LogP contribution in [0.15, 0.2) is 18.2 Å². The highest BCUT2D eigenvalue weighted by Crippen LogP contribution is 2.28. The van der Waals surface area contributed by atoms with Gasteiger partial charge in [0.2, 0.25) is 0 Å². The van der Waals surface area contributed by atoms with Crippen molar-refractivity contribution in [3.63, 3.8) is 0 Å². The number of hydrogen-bond acceptors (Lipinski definition) is 3. The van der Waals surface area contributed by atoms with Gasteiger partial charge in [0, 0.05) is 18.3 Å². The minimum Gasteiger partial charge on any atom is -0.490 e. The van der Waals surface area contributed by atoms with E-state index >= 15 is 0 Å². The Hall–Kier alpha value is -1.13. The Morgan fingerprint density at radius 1 is 1.38 bits per heavy atom. The minimum atomic E-state index is 0. The molecule has 13 heavy (non-hydrogen) atoms. The molecule has 1 aromatic rings. The van der Waals surface area contributed by atoms with Crippen LogP contribution in [-0.2, 0) is 0 Å². The molecular weight excluding hydrogens is 192 g/mol. The second-order valence-corrected chi connectivity index (χ2v) is 2.53. The van der Waals surface area contributed by atoms with Crippen molar-refractivity contribution < 1.29 is 10.2 Å². The number of rotatable bonds is 0. The zero-order valence-electron chi connectivity index (χ0n) is 7.04. The normalized spacial score (nSPS) is 12.3. The second-order valence-electron chi connectivity index (χ2n) is 2.53. The fourth-order valence-electron chi connectivity index (χ4n) is 1.15. The zero-order valence-corrected chi connectivity index (χ0v) is 7.86. The van der Waals surface area contributed by atoms with Crippen LogP contribution < -0.4 is 15.8 Å². The molecule has 5 heteroatoms. The molecule has 2 rings (SSSR count). The number of hydrogen-bond donors (Lipinski definition) is 2. The lowest BCUT2D eigenvalue weighted by Gasteiger charge is -2.18. The highest BCUT2D eigenvalue weighted by Gasteiger charge is 2.07. The molecule has 1 aliphatic heterocycles. The summed E-state index contributed by atoms with van der Waals surface area (Å²) in [5.74, 6) is 0.858. The lowest BCUT2D eigenvalue weighted by molar-refractivity contribution is 0.323. The predicted octanol–water partition coefficient (Wildman–Crippen LogP) is 0.670. The number of nitrogens with one attached hydrogen (secondary N) is 1. The lowest BCUT2D eigenvalue weighted by atomic mass is 10.2. The number of nitrogens with two attached hydrogens (primary N) is 1. The standard InChI is InChI=1S/C8H10N2O.ClH.H2O/c9-6-1-2-7-8(5-6)11-4-3-10-7;;/h1-2,5,10H,3-4,9H2;1H;1H2. The summed E-state index contributed by atoms with van der Waals surface area (Å²) in [5.41, 5.74) is 7.35. The predicted molar refractivity (Wildman–Crippen MR) is 55.7 cm³/mol. The summed E-state index contributed by atoms with van der Waals surface area (Å²) in [6.07, 6.45) is 0. The molecule has 0 unspecified atom stereocenters. The van der Waals surface area contributed by atoms with E-state index in [0.29, 0.717) is 0 Å². The maximum absolute atomic E-state index is 5.57. The van der Waals surface area contributed by atoms with Crippen LogP contribution in [-0.4, -0.2) is 18.6 Å². The molecule has 0 fully saturated rings. The molecule has 0 aliphatic carbocycles. The van der Waals surface area contributed by atoms with E-state index in [1.807, 2.05) is 18.2 Å². The van der Waals surface area contributed by atoms with Crippen molar-refractivity contribution in [3.8, 4) is 5.75 Å². The van der Waals surface area contributed by atoms with E-state index in [1.165, 1.54) is 0 Å². The van der Waals surface area contributed by atoms with Gasteiger partial charge in [0.05, 0.1) is 5.69 Å². The summed E-state index contributed by atoms with van der Waals surface area (Å²) in [5, 5.41) is 3.21. The maximum atomic E-state index is 5.57. The molecule has 4 nitrogen and oxygen atoms in total. The third-order valence-corrected chi connectivity index (χ3v) is 1.68. The van der Waals surface area contributed by atoms with Crippen LogP contribution in [0.25, 0.3) is 0 Å². The average molecular weight is 205 g/mol. The van der Waals surface area contributed by atoms with Gasteiger partial charge in [0.25, 0.3) is 0 Å². The molecule has 0 saturated carbocycles. The monoisotopic (exact) mass is 204 g/mol. The van der Waals surface area contributed by atoms with Gasteiger partial charge >= 0.3 is 0 Å². The second kappa shape index (κ2) is 4.79. The fraction of sp³-hybridized carbons (Fsp3) is 0.250. The van der Waals surface area contributed by atoms with Crippen molar-refractivity contribution in [2.45, 2.75) is 0 Å². The molecule has 74 valence electrons. The summed E-state index contributed by atoms with van der Waals surface area (Å²) < 4.78 is 5.36. The summed E-state index contributed by atoms with van der Waals surface area (Å²) in [6.45, 7) is 1.59. The molecule has 0 bridgehead atoms. The minimum absolute atomic E-state index is 0. The van der Waals surface area contributed by atoms with E-state index < -0.39 is 0 Å². The van der Waals surface area contributed by atoms with Gasteiger partial charge in [-0.25, -0.2) is 0 Å². The first-order valence-electron chi connectivity index (χ1n) is 3.62. The first kappa shape index (κ1) is 11.9. The molecule has 0 radical (unpaired) electrons. The number of fused-ring (bicyclic) bond motifs is 1. The van der Waals surface area contributed by atoms with Gasteiger partial charge in [-0.15, -0.1) is 12.4 Å². The summed E-state index contributed by atoms with van der Waals surface area (Å²) in [6, 6.07) is 5.63. The van der Waals surface area contributed by atoms with Crippen LogP contribution in [0.5, 0.6) is 5.75 Å². The molecular formula is C8H13ClN2O2. The lowest BCUT2D eigenvalue weighted by Crippen LogP contribution is -2.17. The Balaban J connectivity index is 0.000000720. The van der Waals surface area contributed by atoms with Crippen LogP contribution in [0, 0.1) is 0 Å². The van der Waals surface area contributed by atoms with Crippen molar-refractivity contribution in [2.75, 3.05) is 24.2 Å². The van der Waals surface area contributed by atoms with Crippen molar-refractivity contribution in [3.05, 3.63) is 18.2 Å². The van der Waals surface area contributed by atoms with E-state index in [2.05, 4.69) is 5.32 Å². The number of nitrogen functional groups attached to an aromatic ring is 1. The number of ether oxygens (including phenoxy) is 1. The van der Waals surface area contributed by atoms with E-state index in [4.69, 9.17) is 10.5 Å². The Bertz CT molecular complexity index is 281. The summed E-state index contributed by atoms with van der Waals surface area (Å²) >= 11 is 0. The quantitative estimate of drug-likeness (QED) is 0.610. The van der Waals surface area contributed by atoms with Crippen LogP contribution in [0.1, 0.15) is 0 Å². The van der Waals surface area contributed by atoms with E-state index in [-0.39, 0.29) is 17.9 Å². The Morgan fingerprint density at radius 3 is 2.92 bits per heavy atom. The third-order valence-electron chi connectivity index (χ3n) is 1.68. The smallest absolute Gasteiger partial charge is 0.144 e. The van der Waals surface area contributed by atoms with Crippen LogP contribution >= 0.6 is 12.4 Å². The first-order chi connectivity index (χ1) is 5.36. The number of halogens is 1. The SMILES string of the molecule is Cl.Nc1ccc2c(c1)OCCN2.O. The highest BCUT2D eigenvalue weighted by atomic mass is 35.5. The van der Waals surface area contributed by atoms with E-state index in [0.717, 1.165) is 30.3 Å². The Kier molecular flexibility index (Phi) is 4.37. The number of benzene rings is 1. The summed E-state index contributed by atoms with van der Waals surface area (Å²) in [4.78, 5) is 0. The van der Waals surface area contributed by atoms with Gasteiger partial charge in [-0.3, -0.25) is 0 Å². The molecule has 0 amide bonds. The Labute approximate surface area is 82.8 Å². The molecule has 0 aromatic heterocycles. The molecule has 1 aliphatic rings. The molecule has 1 aromatic carbocycles. The van der Waals surface area contributed by atoms with Gasteiger partial charge < -0.3 is 21.3 Å². The van der Waals surface area contributed by atoms with E-state index in [1.54, 1.807) is 0 Å². The van der Waals surface area contributed by atoms with E-state index in [9.17, 15) is 0 Å². The van der Waals surface area contributed by atoms with Crippen molar-refractivity contribution in [1.82, 2.24) is 0 Å². The fourth-order valence-corrected chi connectivity index (χ4v) is 1.15. The van der Waals surface area contributed by atoms with Gasteiger partial charge in [-0.2, -0.15) is 0 Å². The van der Waals surface area contributed by atoms with Gasteiger partial charge in [-0.05, 0) is 12.1 Å². The maximum Gasteiger partial charge on any atom is 0.144 e. The first-order valence-corrected chi connectivity index (χ1v) is 3.62. The van der Waals surface area contributed by atoms with Crippen molar-refractivity contribution >= 4 is 23.8 Å².